The van der Waals surface area contributed by atoms with Crippen molar-refractivity contribution in [2.24, 2.45) is 0 Å². The van der Waals surface area contributed by atoms with Crippen LogP contribution in [-0.2, 0) is 16.0 Å². The van der Waals surface area contributed by atoms with Crippen LogP contribution in [0.1, 0.15) is 19.4 Å². The van der Waals surface area contributed by atoms with E-state index in [2.05, 4.69) is 4.74 Å². The van der Waals surface area contributed by atoms with Gasteiger partial charge < -0.3 is 10.5 Å². The minimum absolute atomic E-state index is 0.206. The van der Waals surface area contributed by atoms with Gasteiger partial charge >= 0.3 is 5.97 Å². The van der Waals surface area contributed by atoms with Gasteiger partial charge in [0.15, 0.2) is 0 Å². The Morgan fingerprint density at radius 2 is 1.70 bits per heavy atom. The minimum atomic E-state index is -0.283. The lowest BCUT2D eigenvalue weighted by atomic mass is 10.0. The van der Waals surface area contributed by atoms with E-state index in [0.29, 0.717) is 5.69 Å². The summed E-state index contributed by atoms with van der Waals surface area (Å²) >= 11 is 0. The van der Waals surface area contributed by atoms with Gasteiger partial charge in [0.2, 0.25) is 0 Å². The smallest absolute Gasteiger partial charge is 0.310 e. The van der Waals surface area contributed by atoms with E-state index >= 15 is 0 Å². The number of rotatable bonds is 3. The number of benzene rings is 2. The minimum Gasteiger partial charge on any atom is -0.469 e. The highest BCUT2D eigenvalue weighted by atomic mass is 16.5. The summed E-state index contributed by atoms with van der Waals surface area (Å²) < 4.78 is 4.63. The number of anilines is 1. The SMILES string of the molecule is CC.COC(=O)Cc1ccc(-c2ccccc2)cc1N. The molecule has 0 aliphatic rings. The Hall–Kier alpha value is -2.29. The fourth-order valence-corrected chi connectivity index (χ4v) is 1.79. The first-order chi connectivity index (χ1) is 9.70. The van der Waals surface area contributed by atoms with Crippen molar-refractivity contribution in [2.75, 3.05) is 12.8 Å². The zero-order chi connectivity index (χ0) is 15.0. The van der Waals surface area contributed by atoms with Crippen molar-refractivity contribution in [1.29, 1.82) is 0 Å². The maximum absolute atomic E-state index is 11.2. The molecular weight excluding hydrogens is 250 g/mol. The average molecular weight is 271 g/mol. The van der Waals surface area contributed by atoms with Gasteiger partial charge in [-0.25, -0.2) is 0 Å². The summed E-state index contributed by atoms with van der Waals surface area (Å²) in [6.07, 6.45) is 0.206. The summed E-state index contributed by atoms with van der Waals surface area (Å²) in [5.74, 6) is -0.283. The first kappa shape index (κ1) is 15.8. The maximum Gasteiger partial charge on any atom is 0.310 e. The number of nitrogen functional groups attached to an aromatic ring is 1. The van der Waals surface area contributed by atoms with Crippen molar-refractivity contribution in [3.8, 4) is 11.1 Å². The standard InChI is InChI=1S/C15H15NO2.C2H6/c1-18-15(17)10-13-8-7-12(9-14(13)16)11-5-3-2-4-6-11;1-2/h2-9H,10,16H2,1H3;1-2H3. The number of hydrogen-bond acceptors (Lipinski definition) is 3. The molecule has 0 amide bonds. The number of hydrogen-bond donors (Lipinski definition) is 1. The van der Waals surface area contributed by atoms with Crippen LogP contribution in [-0.4, -0.2) is 13.1 Å². The maximum atomic E-state index is 11.2. The quantitative estimate of drug-likeness (QED) is 0.684. The molecule has 2 aromatic rings. The molecule has 0 fully saturated rings. The Balaban J connectivity index is 0.000000956. The van der Waals surface area contributed by atoms with Gasteiger partial charge in [0.25, 0.3) is 0 Å². The fourth-order valence-electron chi connectivity index (χ4n) is 1.79. The molecule has 0 aliphatic carbocycles. The van der Waals surface area contributed by atoms with Crippen LogP contribution in [0.5, 0.6) is 0 Å². The third-order valence-corrected chi connectivity index (χ3v) is 2.82. The first-order valence-electron chi connectivity index (χ1n) is 6.71. The third-order valence-electron chi connectivity index (χ3n) is 2.82. The number of carbonyl (C=O) groups excluding carboxylic acids is 1. The van der Waals surface area contributed by atoms with Gasteiger partial charge in [-0.2, -0.15) is 0 Å². The molecular formula is C17H21NO2. The molecule has 2 aromatic carbocycles. The van der Waals surface area contributed by atoms with Crippen molar-refractivity contribution in [3.05, 3.63) is 54.1 Å². The molecule has 2 N–H and O–H groups in total. The van der Waals surface area contributed by atoms with Crippen LogP contribution >= 0.6 is 0 Å². The van der Waals surface area contributed by atoms with Gasteiger partial charge in [0.1, 0.15) is 0 Å². The number of nitrogens with two attached hydrogens (primary N) is 1. The molecule has 0 saturated carbocycles. The van der Waals surface area contributed by atoms with Crippen LogP contribution in [0, 0.1) is 0 Å². The third kappa shape index (κ3) is 4.12. The predicted octanol–water partition coefficient (Wildman–Crippen LogP) is 3.68. The predicted molar refractivity (Wildman–Crippen MR) is 83.4 cm³/mol. The van der Waals surface area contributed by atoms with Gasteiger partial charge in [-0.05, 0) is 22.8 Å². The molecule has 0 aliphatic heterocycles. The molecule has 0 aromatic heterocycles. The van der Waals surface area contributed by atoms with E-state index in [0.717, 1.165) is 16.7 Å². The van der Waals surface area contributed by atoms with E-state index in [1.165, 1.54) is 7.11 Å². The molecule has 0 heterocycles. The second-order valence-electron chi connectivity index (χ2n) is 4.03. The van der Waals surface area contributed by atoms with Crippen molar-refractivity contribution < 1.29 is 9.53 Å². The number of methoxy groups -OCH3 is 1. The Kier molecular flexibility index (Phi) is 6.30. The van der Waals surface area contributed by atoms with E-state index in [-0.39, 0.29) is 12.4 Å². The van der Waals surface area contributed by atoms with Crippen molar-refractivity contribution in [2.45, 2.75) is 20.3 Å². The summed E-state index contributed by atoms with van der Waals surface area (Å²) in [5, 5.41) is 0. The molecule has 0 atom stereocenters. The lowest BCUT2D eigenvalue weighted by Gasteiger charge is -2.07. The van der Waals surface area contributed by atoms with Crippen molar-refractivity contribution >= 4 is 11.7 Å². The summed E-state index contributed by atoms with van der Waals surface area (Å²) in [5.41, 5.74) is 9.51. The lowest BCUT2D eigenvalue weighted by Crippen LogP contribution is -2.06. The van der Waals surface area contributed by atoms with E-state index in [1.54, 1.807) is 0 Å². The molecule has 3 heteroatoms. The molecule has 106 valence electrons. The first-order valence-corrected chi connectivity index (χ1v) is 6.71. The van der Waals surface area contributed by atoms with E-state index < -0.39 is 0 Å². The monoisotopic (exact) mass is 271 g/mol. The molecule has 3 nitrogen and oxygen atoms in total. The molecule has 0 spiro atoms. The summed E-state index contributed by atoms with van der Waals surface area (Å²) in [6.45, 7) is 4.00. The largest absolute Gasteiger partial charge is 0.469 e. The van der Waals surface area contributed by atoms with Gasteiger partial charge in [0.05, 0.1) is 13.5 Å². The van der Waals surface area contributed by atoms with Gasteiger partial charge in [-0.15, -0.1) is 0 Å². The van der Waals surface area contributed by atoms with Crippen LogP contribution in [0.15, 0.2) is 48.5 Å². The Labute approximate surface area is 120 Å². The number of ether oxygens (including phenoxy) is 1. The molecule has 0 unspecified atom stereocenters. The molecule has 20 heavy (non-hydrogen) atoms. The molecule has 0 bridgehead atoms. The molecule has 2 rings (SSSR count). The summed E-state index contributed by atoms with van der Waals surface area (Å²) in [6, 6.07) is 15.7. The summed E-state index contributed by atoms with van der Waals surface area (Å²) in [4.78, 5) is 11.2. The lowest BCUT2D eigenvalue weighted by molar-refractivity contribution is -0.139. The fraction of sp³-hybridized carbons (Fsp3) is 0.235. The van der Waals surface area contributed by atoms with E-state index in [9.17, 15) is 4.79 Å². The van der Waals surface area contributed by atoms with Crippen molar-refractivity contribution in [1.82, 2.24) is 0 Å². The van der Waals surface area contributed by atoms with Crippen LogP contribution in [0.25, 0.3) is 11.1 Å². The second kappa shape index (κ2) is 8.00. The average Bonchev–Trinajstić information content (AvgIpc) is 2.52. The van der Waals surface area contributed by atoms with Gasteiger partial charge in [0, 0.05) is 5.69 Å². The molecule has 0 saturated heterocycles. The Bertz CT molecular complexity index is 550. The van der Waals surface area contributed by atoms with Crippen LogP contribution in [0.2, 0.25) is 0 Å². The zero-order valence-corrected chi connectivity index (χ0v) is 12.2. The van der Waals surface area contributed by atoms with Crippen LogP contribution in [0.4, 0.5) is 5.69 Å². The zero-order valence-electron chi connectivity index (χ0n) is 12.2. The normalized spacial score (nSPS) is 9.35. The highest BCUT2D eigenvalue weighted by Crippen LogP contribution is 2.24. The van der Waals surface area contributed by atoms with Crippen LogP contribution in [0.3, 0.4) is 0 Å². The highest BCUT2D eigenvalue weighted by molar-refractivity contribution is 5.77. The van der Waals surface area contributed by atoms with Gasteiger partial charge in [-0.1, -0.05) is 56.3 Å². The van der Waals surface area contributed by atoms with Crippen molar-refractivity contribution in [3.63, 3.8) is 0 Å². The Morgan fingerprint density at radius 3 is 2.25 bits per heavy atom. The topological polar surface area (TPSA) is 52.3 Å². The second-order valence-corrected chi connectivity index (χ2v) is 4.03. The highest BCUT2D eigenvalue weighted by Gasteiger charge is 2.07. The number of esters is 1. The van der Waals surface area contributed by atoms with Crippen LogP contribution < -0.4 is 5.73 Å². The van der Waals surface area contributed by atoms with E-state index in [4.69, 9.17) is 5.73 Å². The summed E-state index contributed by atoms with van der Waals surface area (Å²) in [7, 11) is 1.37. The van der Waals surface area contributed by atoms with E-state index in [1.807, 2.05) is 62.4 Å². The molecule has 0 radical (unpaired) electrons. The Morgan fingerprint density at radius 1 is 1.05 bits per heavy atom. The number of carbonyl (C=O) groups is 1. The van der Waals surface area contributed by atoms with Gasteiger partial charge in [-0.3, -0.25) is 4.79 Å².